The Labute approximate surface area is 41.2 Å². The highest BCUT2D eigenvalue weighted by atomic mass is 16.6. The molecular formula is C2BN2O2. The van der Waals surface area contributed by atoms with Gasteiger partial charge in [-0.1, -0.05) is 0 Å². The van der Waals surface area contributed by atoms with Crippen molar-refractivity contribution in [1.29, 1.82) is 10.5 Å². The summed E-state index contributed by atoms with van der Waals surface area (Å²) >= 11 is 0. The van der Waals surface area contributed by atoms with Crippen molar-refractivity contribution in [3.63, 3.8) is 0 Å². The minimum atomic E-state index is 0.639. The second kappa shape index (κ2) is 4.64. The normalized spacial score (nSPS) is 4.86. The third-order valence-electron chi connectivity index (χ3n) is 0.202. The molecule has 0 atom stereocenters. The van der Waals surface area contributed by atoms with Crippen LogP contribution in [-0.4, -0.2) is 7.69 Å². The van der Waals surface area contributed by atoms with E-state index in [-0.39, 0.29) is 0 Å². The molecule has 7 heavy (non-hydrogen) atoms. The molecule has 0 aromatic rings. The highest BCUT2D eigenvalue weighted by molar-refractivity contribution is 6.18. The molecule has 0 spiro atoms. The molecule has 0 rings (SSSR count). The van der Waals surface area contributed by atoms with Gasteiger partial charge in [0.2, 0.25) is 0 Å². The highest BCUT2D eigenvalue weighted by Gasteiger charge is 1.89. The summed E-state index contributed by atoms with van der Waals surface area (Å²) in [5.41, 5.74) is 0. The number of hydrogen-bond acceptors (Lipinski definition) is 4. The maximum absolute atomic E-state index is 7.60. The Morgan fingerprint density at radius 2 is 1.57 bits per heavy atom. The van der Waals surface area contributed by atoms with Crippen LogP contribution < -0.4 is 0 Å². The quantitative estimate of drug-likeness (QED) is 0.263. The minimum absolute atomic E-state index is 0.639. The highest BCUT2D eigenvalue weighted by Crippen LogP contribution is 1.63. The molecule has 0 bridgehead atoms. The van der Waals surface area contributed by atoms with Gasteiger partial charge >= 0.3 is 7.69 Å². The number of rotatable bonds is 2. The van der Waals surface area contributed by atoms with E-state index < -0.39 is 0 Å². The third-order valence-corrected chi connectivity index (χ3v) is 0.202. The second-order valence-electron chi connectivity index (χ2n) is 0.515. The predicted molar refractivity (Wildman–Crippen MR) is 19.1 cm³/mol. The Kier molecular flexibility index (Phi) is 3.75. The molecule has 0 N–H and O–H groups in total. The van der Waals surface area contributed by atoms with Crippen LogP contribution in [0, 0.1) is 23.0 Å². The van der Waals surface area contributed by atoms with E-state index in [0.29, 0.717) is 7.69 Å². The lowest BCUT2D eigenvalue weighted by molar-refractivity contribution is 0.403. The molecular weight excluding hydrogens is 94.8 g/mol. The first-order chi connectivity index (χ1) is 3.41. The van der Waals surface area contributed by atoms with Gasteiger partial charge in [-0.05, 0) is 0 Å². The van der Waals surface area contributed by atoms with Crippen molar-refractivity contribution in [2.45, 2.75) is 0 Å². The number of nitrogens with zero attached hydrogens (tertiary/aromatic N) is 2. The Morgan fingerprint density at radius 3 is 1.86 bits per heavy atom. The van der Waals surface area contributed by atoms with Gasteiger partial charge in [0.1, 0.15) is 0 Å². The molecule has 5 heteroatoms. The first kappa shape index (κ1) is 5.64. The Morgan fingerprint density at radius 1 is 1.14 bits per heavy atom. The third kappa shape index (κ3) is 4.64. The van der Waals surface area contributed by atoms with Gasteiger partial charge in [-0.2, -0.15) is 10.5 Å². The molecule has 1 radical (unpaired) electrons. The van der Waals surface area contributed by atoms with Crippen LogP contribution in [0.15, 0.2) is 0 Å². The van der Waals surface area contributed by atoms with Crippen LogP contribution in [0.25, 0.3) is 0 Å². The fourth-order valence-corrected chi connectivity index (χ4v) is 0.0671. The summed E-state index contributed by atoms with van der Waals surface area (Å²) in [6, 6.07) is 0. The van der Waals surface area contributed by atoms with Gasteiger partial charge in [-0.15, -0.1) is 0 Å². The lowest BCUT2D eigenvalue weighted by Gasteiger charge is -1.80. The topological polar surface area (TPSA) is 66.0 Å². The zero-order valence-electron chi connectivity index (χ0n) is 3.29. The molecule has 0 heterocycles. The summed E-state index contributed by atoms with van der Waals surface area (Å²) in [5, 5.41) is 15.2. The lowest BCUT2D eigenvalue weighted by atomic mass is 10.4. The van der Waals surface area contributed by atoms with Crippen molar-refractivity contribution in [3.8, 4) is 12.5 Å². The van der Waals surface area contributed by atoms with Crippen LogP contribution in [0.1, 0.15) is 0 Å². The molecule has 0 aromatic carbocycles. The van der Waals surface area contributed by atoms with Crippen molar-refractivity contribution in [1.82, 2.24) is 0 Å². The zero-order valence-corrected chi connectivity index (χ0v) is 3.29. The van der Waals surface area contributed by atoms with E-state index in [1.807, 2.05) is 0 Å². The lowest BCUT2D eigenvalue weighted by Crippen LogP contribution is -1.93. The summed E-state index contributed by atoms with van der Waals surface area (Å²) in [5.74, 6) is 0. The van der Waals surface area contributed by atoms with E-state index in [1.165, 1.54) is 12.5 Å². The van der Waals surface area contributed by atoms with E-state index in [9.17, 15) is 0 Å². The van der Waals surface area contributed by atoms with Gasteiger partial charge in [0.25, 0.3) is 12.5 Å². The zero-order chi connectivity index (χ0) is 5.54. The van der Waals surface area contributed by atoms with Crippen LogP contribution in [0.5, 0.6) is 0 Å². The first-order valence-electron chi connectivity index (χ1n) is 1.33. The monoisotopic (exact) mass is 95.0 g/mol. The van der Waals surface area contributed by atoms with E-state index in [0.717, 1.165) is 0 Å². The molecule has 33 valence electrons. The van der Waals surface area contributed by atoms with Crippen molar-refractivity contribution < 1.29 is 9.31 Å². The van der Waals surface area contributed by atoms with Gasteiger partial charge in [-0.3, -0.25) is 0 Å². The van der Waals surface area contributed by atoms with E-state index in [4.69, 9.17) is 10.5 Å². The summed E-state index contributed by atoms with van der Waals surface area (Å²) in [7, 11) is 0.639. The Bertz CT molecular complexity index is 97.8. The van der Waals surface area contributed by atoms with Crippen molar-refractivity contribution >= 4 is 7.69 Å². The van der Waals surface area contributed by atoms with E-state index in [1.54, 1.807) is 0 Å². The van der Waals surface area contributed by atoms with E-state index in [2.05, 4.69) is 9.31 Å². The molecule has 4 nitrogen and oxygen atoms in total. The smallest absolute Gasteiger partial charge is 0.457 e. The summed E-state index contributed by atoms with van der Waals surface area (Å²) in [6.45, 7) is 0. The Balaban J connectivity index is 2.77. The first-order valence-corrected chi connectivity index (χ1v) is 1.33. The van der Waals surface area contributed by atoms with E-state index >= 15 is 0 Å². The molecule has 0 fully saturated rings. The van der Waals surface area contributed by atoms with Crippen molar-refractivity contribution in [2.24, 2.45) is 0 Å². The van der Waals surface area contributed by atoms with Crippen LogP contribution >= 0.6 is 0 Å². The summed E-state index contributed by atoms with van der Waals surface area (Å²) in [6.07, 6.45) is 2.54. The summed E-state index contributed by atoms with van der Waals surface area (Å²) in [4.78, 5) is 0. The fraction of sp³-hybridized carbons (Fsp3) is 0. The second-order valence-corrected chi connectivity index (χ2v) is 0.515. The molecule has 0 aliphatic heterocycles. The molecule has 0 aromatic heterocycles. The van der Waals surface area contributed by atoms with Gasteiger partial charge in [-0.25, -0.2) is 0 Å². The molecule has 0 saturated heterocycles. The van der Waals surface area contributed by atoms with Gasteiger partial charge in [0, 0.05) is 0 Å². The standard InChI is InChI=1S/C2BN2O2/c4-1-6-3-7-2-5. The SMILES string of the molecule is N#CO[B]OC#N. The van der Waals surface area contributed by atoms with Crippen molar-refractivity contribution in [2.75, 3.05) is 0 Å². The predicted octanol–water partition coefficient (Wildman–Crippen LogP) is -0.484. The van der Waals surface area contributed by atoms with Crippen LogP contribution in [0.2, 0.25) is 0 Å². The average molecular weight is 94.8 g/mol. The maximum Gasteiger partial charge on any atom is 0.679 e. The molecule has 0 aliphatic rings. The minimum Gasteiger partial charge on any atom is -0.457 e. The summed E-state index contributed by atoms with van der Waals surface area (Å²) < 4.78 is 7.62. The van der Waals surface area contributed by atoms with Crippen molar-refractivity contribution in [3.05, 3.63) is 0 Å². The molecule has 0 amide bonds. The largest absolute Gasteiger partial charge is 0.679 e. The van der Waals surface area contributed by atoms with Crippen LogP contribution in [0.4, 0.5) is 0 Å². The fourth-order valence-electron chi connectivity index (χ4n) is 0.0671. The Hall–Kier alpha value is -1.36. The van der Waals surface area contributed by atoms with Crippen LogP contribution in [-0.2, 0) is 9.31 Å². The number of nitriles is 2. The van der Waals surface area contributed by atoms with Gasteiger partial charge in [0.05, 0.1) is 0 Å². The van der Waals surface area contributed by atoms with Crippen LogP contribution in [0.3, 0.4) is 0 Å². The molecule has 0 saturated carbocycles. The average Bonchev–Trinajstić information content (AvgIpc) is 1.69. The molecule has 0 unspecified atom stereocenters. The number of hydrogen-bond donors (Lipinski definition) is 0. The maximum atomic E-state index is 7.60. The van der Waals surface area contributed by atoms with Gasteiger partial charge in [0.15, 0.2) is 0 Å². The van der Waals surface area contributed by atoms with Gasteiger partial charge < -0.3 is 9.31 Å². The molecule has 0 aliphatic carbocycles.